The van der Waals surface area contributed by atoms with Crippen LogP contribution < -0.4 is 5.32 Å². The van der Waals surface area contributed by atoms with Crippen LogP contribution in [0.2, 0.25) is 0 Å². The summed E-state index contributed by atoms with van der Waals surface area (Å²) in [5, 5.41) is 5.03. The molecule has 2 aromatic carbocycles. The number of benzene rings is 2. The van der Waals surface area contributed by atoms with Gasteiger partial charge in [0.2, 0.25) is 0 Å². The van der Waals surface area contributed by atoms with E-state index in [9.17, 15) is 4.79 Å². The number of carbonyl (C=O) groups is 1. The van der Waals surface area contributed by atoms with Crippen LogP contribution in [0.4, 0.5) is 0 Å². The Morgan fingerprint density at radius 3 is 3.07 bits per heavy atom. The molecular weight excluding hydrogens is 336 g/mol. The molecule has 1 heterocycles. The van der Waals surface area contributed by atoms with Crippen molar-refractivity contribution in [3.8, 4) is 0 Å². The van der Waals surface area contributed by atoms with Gasteiger partial charge in [-0.3, -0.25) is 0 Å². The lowest BCUT2D eigenvalue weighted by molar-refractivity contribution is -0.134. The lowest BCUT2D eigenvalue weighted by Gasteiger charge is -2.14. The van der Waals surface area contributed by atoms with E-state index in [2.05, 4.69) is 63.7 Å². The van der Waals surface area contributed by atoms with Crippen LogP contribution in [0.1, 0.15) is 34.7 Å². The molecule has 1 unspecified atom stereocenters. The monoisotopic (exact) mass is 360 g/mol. The zero-order valence-corrected chi connectivity index (χ0v) is 15.5. The number of H-pyrrole nitrogens is 1. The smallest absolute Gasteiger partial charge is 0.330 e. The summed E-state index contributed by atoms with van der Waals surface area (Å²) >= 11 is 0. The fraction of sp³-hybridized carbons (Fsp3) is 0.261. The highest BCUT2D eigenvalue weighted by Crippen LogP contribution is 2.32. The van der Waals surface area contributed by atoms with E-state index in [1.54, 1.807) is 0 Å². The van der Waals surface area contributed by atoms with E-state index in [0.29, 0.717) is 6.04 Å². The maximum Gasteiger partial charge on any atom is 0.330 e. The molecular formula is C23H24N2O2. The molecule has 0 amide bonds. The molecule has 4 rings (SSSR count). The number of rotatable bonds is 6. The molecule has 4 nitrogen and oxygen atoms in total. The van der Waals surface area contributed by atoms with E-state index in [1.165, 1.54) is 40.8 Å². The van der Waals surface area contributed by atoms with Crippen LogP contribution in [0.3, 0.4) is 0 Å². The Bertz CT molecular complexity index is 987. The van der Waals surface area contributed by atoms with Crippen molar-refractivity contribution in [3.63, 3.8) is 0 Å². The van der Waals surface area contributed by atoms with Crippen molar-refractivity contribution in [1.29, 1.82) is 0 Å². The maximum absolute atomic E-state index is 11.2. The summed E-state index contributed by atoms with van der Waals surface area (Å²) in [6.45, 7) is 0.954. The van der Waals surface area contributed by atoms with Crippen LogP contribution in [0.15, 0.2) is 54.7 Å². The Labute approximate surface area is 159 Å². The van der Waals surface area contributed by atoms with Crippen molar-refractivity contribution in [2.24, 2.45) is 0 Å². The number of aromatic amines is 1. The Kier molecular flexibility index (Phi) is 5.07. The number of esters is 1. The summed E-state index contributed by atoms with van der Waals surface area (Å²) in [5.41, 5.74) is 6.35. The van der Waals surface area contributed by atoms with Gasteiger partial charge in [0.1, 0.15) is 0 Å². The third-order valence-electron chi connectivity index (χ3n) is 5.32. The number of para-hydroxylation sites is 1. The van der Waals surface area contributed by atoms with E-state index in [1.807, 2.05) is 6.08 Å². The number of ether oxygens (including phenoxy) is 1. The van der Waals surface area contributed by atoms with Crippen LogP contribution in [0, 0.1) is 0 Å². The van der Waals surface area contributed by atoms with Crippen LogP contribution in [-0.4, -0.2) is 24.6 Å². The largest absolute Gasteiger partial charge is 0.466 e. The van der Waals surface area contributed by atoms with Crippen molar-refractivity contribution < 1.29 is 9.53 Å². The molecule has 1 atom stereocenters. The summed E-state index contributed by atoms with van der Waals surface area (Å²) in [7, 11) is 1.39. The number of aromatic nitrogens is 1. The van der Waals surface area contributed by atoms with Crippen LogP contribution in [-0.2, 0) is 22.4 Å². The number of hydrogen-bond acceptors (Lipinski definition) is 3. The van der Waals surface area contributed by atoms with Gasteiger partial charge in [-0.2, -0.15) is 0 Å². The average molecular weight is 360 g/mol. The Morgan fingerprint density at radius 1 is 1.30 bits per heavy atom. The topological polar surface area (TPSA) is 54.1 Å². The molecule has 0 bridgehead atoms. The SMILES string of the molecule is COC(=O)/C=C/c1ccc2c(c1)CCC2NCCc1c[nH]c2ccccc12. The Hall–Kier alpha value is -2.85. The molecule has 138 valence electrons. The molecule has 0 aliphatic heterocycles. The first-order valence-electron chi connectivity index (χ1n) is 9.42. The minimum atomic E-state index is -0.327. The molecule has 1 aliphatic rings. The van der Waals surface area contributed by atoms with Crippen molar-refractivity contribution >= 4 is 22.9 Å². The third kappa shape index (κ3) is 3.81. The lowest BCUT2D eigenvalue weighted by atomic mass is 10.0. The van der Waals surface area contributed by atoms with Gasteiger partial charge in [-0.05, 0) is 60.2 Å². The highest BCUT2D eigenvalue weighted by atomic mass is 16.5. The molecule has 27 heavy (non-hydrogen) atoms. The number of nitrogens with one attached hydrogen (secondary N) is 2. The second kappa shape index (κ2) is 7.80. The predicted octanol–water partition coefficient (Wildman–Crippen LogP) is 4.17. The van der Waals surface area contributed by atoms with E-state index in [-0.39, 0.29) is 5.97 Å². The van der Waals surface area contributed by atoms with E-state index in [0.717, 1.165) is 31.4 Å². The van der Waals surface area contributed by atoms with Gasteiger partial charge in [0.15, 0.2) is 0 Å². The van der Waals surface area contributed by atoms with Gasteiger partial charge in [0.05, 0.1) is 7.11 Å². The van der Waals surface area contributed by atoms with E-state index < -0.39 is 0 Å². The lowest BCUT2D eigenvalue weighted by Crippen LogP contribution is -2.21. The Morgan fingerprint density at radius 2 is 2.19 bits per heavy atom. The van der Waals surface area contributed by atoms with E-state index >= 15 is 0 Å². The summed E-state index contributed by atoms with van der Waals surface area (Å²) in [4.78, 5) is 14.6. The first kappa shape index (κ1) is 17.6. The minimum absolute atomic E-state index is 0.327. The first-order valence-corrected chi connectivity index (χ1v) is 9.42. The van der Waals surface area contributed by atoms with Crippen molar-refractivity contribution in [3.05, 3.63) is 77.0 Å². The van der Waals surface area contributed by atoms with Gasteiger partial charge in [0.25, 0.3) is 0 Å². The highest BCUT2D eigenvalue weighted by Gasteiger charge is 2.21. The number of methoxy groups -OCH3 is 1. The van der Waals surface area contributed by atoms with Gasteiger partial charge in [-0.15, -0.1) is 0 Å². The molecule has 1 aliphatic carbocycles. The van der Waals surface area contributed by atoms with Gasteiger partial charge in [-0.25, -0.2) is 4.79 Å². The van der Waals surface area contributed by atoms with Gasteiger partial charge in [0, 0.05) is 29.2 Å². The third-order valence-corrected chi connectivity index (χ3v) is 5.32. The van der Waals surface area contributed by atoms with Crippen molar-refractivity contribution in [2.75, 3.05) is 13.7 Å². The van der Waals surface area contributed by atoms with Crippen molar-refractivity contribution in [2.45, 2.75) is 25.3 Å². The second-order valence-corrected chi connectivity index (χ2v) is 6.97. The molecule has 2 N–H and O–H groups in total. The quantitative estimate of drug-likeness (QED) is 0.512. The van der Waals surface area contributed by atoms with E-state index in [4.69, 9.17) is 0 Å². The average Bonchev–Trinajstić information content (AvgIpc) is 3.30. The van der Waals surface area contributed by atoms with Gasteiger partial charge in [-0.1, -0.05) is 36.4 Å². The maximum atomic E-state index is 11.2. The number of carbonyl (C=O) groups excluding carboxylic acids is 1. The fourth-order valence-corrected chi connectivity index (χ4v) is 3.90. The number of hydrogen-bond donors (Lipinski definition) is 2. The zero-order chi connectivity index (χ0) is 18.6. The standard InChI is InChI=1S/C23H24N2O2/c1-27-23(26)11-7-16-6-9-20-17(14-16)8-10-22(20)24-13-12-18-15-25-21-5-3-2-4-19(18)21/h2-7,9,11,14-15,22,24-25H,8,10,12-13H2,1H3/b11-7+. The fourth-order valence-electron chi connectivity index (χ4n) is 3.90. The molecule has 0 fully saturated rings. The summed E-state index contributed by atoms with van der Waals surface area (Å²) in [6, 6.07) is 15.3. The van der Waals surface area contributed by atoms with Gasteiger partial charge < -0.3 is 15.0 Å². The molecule has 1 aromatic heterocycles. The minimum Gasteiger partial charge on any atom is -0.466 e. The molecule has 4 heteroatoms. The van der Waals surface area contributed by atoms with Crippen LogP contribution in [0.25, 0.3) is 17.0 Å². The van der Waals surface area contributed by atoms with Crippen LogP contribution >= 0.6 is 0 Å². The number of fused-ring (bicyclic) bond motifs is 2. The van der Waals surface area contributed by atoms with Gasteiger partial charge >= 0.3 is 5.97 Å². The Balaban J connectivity index is 1.38. The molecule has 0 spiro atoms. The van der Waals surface area contributed by atoms with Crippen molar-refractivity contribution in [1.82, 2.24) is 10.3 Å². The highest BCUT2D eigenvalue weighted by molar-refractivity contribution is 5.87. The summed E-state index contributed by atoms with van der Waals surface area (Å²) in [6.07, 6.45) is 8.59. The summed E-state index contributed by atoms with van der Waals surface area (Å²) in [5.74, 6) is -0.327. The normalized spacial score (nSPS) is 16.1. The molecule has 3 aromatic rings. The summed E-state index contributed by atoms with van der Waals surface area (Å²) < 4.78 is 4.65. The van der Waals surface area contributed by atoms with Crippen LogP contribution in [0.5, 0.6) is 0 Å². The molecule has 0 saturated carbocycles. The zero-order valence-electron chi connectivity index (χ0n) is 15.5. The second-order valence-electron chi connectivity index (χ2n) is 6.97. The predicted molar refractivity (Wildman–Crippen MR) is 109 cm³/mol. The molecule has 0 radical (unpaired) electrons. The first-order chi connectivity index (χ1) is 13.2. The number of aryl methyl sites for hydroxylation is 1. The molecule has 0 saturated heterocycles.